The van der Waals surface area contributed by atoms with Crippen molar-refractivity contribution in [2.24, 2.45) is 17.8 Å². The summed E-state index contributed by atoms with van der Waals surface area (Å²) in [6.45, 7) is 0.486. The van der Waals surface area contributed by atoms with Gasteiger partial charge in [-0.25, -0.2) is 13.1 Å². The monoisotopic (exact) mass is 411 g/mol. The molecule has 21 heavy (non-hydrogen) atoms. The maximum atomic E-state index is 12.5. The molecule has 1 aromatic rings. The van der Waals surface area contributed by atoms with Gasteiger partial charge < -0.3 is 0 Å². The van der Waals surface area contributed by atoms with Gasteiger partial charge in [0.1, 0.15) is 4.90 Å². The van der Waals surface area contributed by atoms with Gasteiger partial charge in [0.15, 0.2) is 0 Å². The van der Waals surface area contributed by atoms with E-state index in [1.807, 2.05) is 0 Å². The van der Waals surface area contributed by atoms with E-state index in [0.717, 1.165) is 0 Å². The van der Waals surface area contributed by atoms with Gasteiger partial charge in [-0.1, -0.05) is 39.1 Å². The van der Waals surface area contributed by atoms with Crippen molar-refractivity contribution in [1.82, 2.24) is 4.72 Å². The number of hydrogen-bond donors (Lipinski definition) is 1. The topological polar surface area (TPSA) is 46.2 Å². The average Bonchev–Trinajstić information content (AvgIpc) is 3.22. The fourth-order valence-electron chi connectivity index (χ4n) is 2.83. The molecule has 2 saturated carbocycles. The lowest BCUT2D eigenvalue weighted by atomic mass is 9.99. The lowest BCUT2D eigenvalue weighted by Crippen LogP contribution is -2.31. The van der Waals surface area contributed by atoms with Crippen LogP contribution in [-0.2, 0) is 10.0 Å². The van der Waals surface area contributed by atoms with Crippen LogP contribution in [0.5, 0.6) is 0 Å². The zero-order valence-corrected chi connectivity index (χ0v) is 15.2. The Balaban J connectivity index is 1.77. The molecule has 2 fully saturated rings. The first-order chi connectivity index (χ1) is 9.88. The van der Waals surface area contributed by atoms with Crippen LogP contribution in [-0.4, -0.2) is 15.0 Å². The number of benzene rings is 1. The first-order valence-electron chi connectivity index (χ1n) is 7.02. The molecule has 0 spiro atoms. The third-order valence-corrected chi connectivity index (χ3v) is 7.00. The normalized spacial score (nSPS) is 19.2. The van der Waals surface area contributed by atoms with E-state index in [4.69, 9.17) is 23.2 Å². The maximum absolute atomic E-state index is 12.5. The molecule has 1 aromatic carbocycles. The highest BCUT2D eigenvalue weighted by Crippen LogP contribution is 2.49. The Labute approximate surface area is 143 Å². The molecule has 0 bridgehead atoms. The van der Waals surface area contributed by atoms with Crippen LogP contribution in [0.3, 0.4) is 0 Å². The van der Waals surface area contributed by atoms with Crippen molar-refractivity contribution in [3.05, 3.63) is 26.7 Å². The standard InChI is InChI=1S/C14H16BrCl2NO2S/c15-10-5-12(16)14(13(17)6-10)21(19,20)18-7-11(8-1-2-8)9-3-4-9/h5-6,8-9,11,18H,1-4,7H2. The predicted octanol–water partition coefficient (Wildman–Crippen LogP) is 4.47. The number of sulfonamides is 1. The van der Waals surface area contributed by atoms with Gasteiger partial charge in [-0.05, 0) is 55.6 Å². The van der Waals surface area contributed by atoms with E-state index >= 15 is 0 Å². The number of hydrogen-bond acceptors (Lipinski definition) is 2. The molecule has 116 valence electrons. The Morgan fingerprint density at radius 2 is 1.62 bits per heavy atom. The molecule has 0 unspecified atom stereocenters. The lowest BCUT2D eigenvalue weighted by molar-refractivity contribution is 0.401. The zero-order chi connectivity index (χ0) is 15.2. The molecule has 7 heteroatoms. The molecule has 0 atom stereocenters. The first kappa shape index (κ1) is 16.1. The highest BCUT2D eigenvalue weighted by Gasteiger charge is 2.41. The van der Waals surface area contributed by atoms with Crippen LogP contribution in [0.2, 0.25) is 10.0 Å². The van der Waals surface area contributed by atoms with Crippen LogP contribution >= 0.6 is 39.1 Å². The summed E-state index contributed by atoms with van der Waals surface area (Å²) in [5.41, 5.74) is 0. The molecule has 0 radical (unpaired) electrons. The third kappa shape index (κ3) is 3.75. The minimum absolute atomic E-state index is 0.0284. The summed E-state index contributed by atoms with van der Waals surface area (Å²) in [4.78, 5) is -0.0284. The number of rotatable bonds is 6. The van der Waals surface area contributed by atoms with E-state index in [9.17, 15) is 8.42 Å². The number of halogens is 3. The Morgan fingerprint density at radius 1 is 1.14 bits per heavy atom. The van der Waals surface area contributed by atoms with Gasteiger partial charge in [-0.15, -0.1) is 0 Å². The van der Waals surface area contributed by atoms with E-state index < -0.39 is 10.0 Å². The van der Waals surface area contributed by atoms with Crippen molar-refractivity contribution < 1.29 is 8.42 Å². The van der Waals surface area contributed by atoms with Gasteiger partial charge >= 0.3 is 0 Å². The summed E-state index contributed by atoms with van der Waals surface area (Å²) in [7, 11) is -3.68. The van der Waals surface area contributed by atoms with Crippen LogP contribution < -0.4 is 4.72 Å². The largest absolute Gasteiger partial charge is 0.243 e. The van der Waals surface area contributed by atoms with E-state index in [-0.39, 0.29) is 14.9 Å². The molecule has 3 rings (SSSR count). The molecule has 0 aliphatic heterocycles. The minimum Gasteiger partial charge on any atom is -0.211 e. The fourth-order valence-corrected chi connectivity index (χ4v) is 5.84. The molecular formula is C14H16BrCl2NO2S. The summed E-state index contributed by atoms with van der Waals surface area (Å²) in [6.07, 6.45) is 4.90. The Morgan fingerprint density at radius 3 is 2.05 bits per heavy atom. The molecule has 3 nitrogen and oxygen atoms in total. The minimum atomic E-state index is -3.68. The second kappa shape index (κ2) is 6.00. The molecule has 0 saturated heterocycles. The second-order valence-electron chi connectivity index (χ2n) is 5.89. The van der Waals surface area contributed by atoms with Crippen molar-refractivity contribution in [2.45, 2.75) is 30.6 Å². The van der Waals surface area contributed by atoms with Gasteiger partial charge in [-0.3, -0.25) is 0 Å². The van der Waals surface area contributed by atoms with Crippen molar-refractivity contribution >= 4 is 49.2 Å². The van der Waals surface area contributed by atoms with E-state index in [0.29, 0.717) is 28.8 Å². The smallest absolute Gasteiger partial charge is 0.211 e. The van der Waals surface area contributed by atoms with Crippen molar-refractivity contribution in [2.75, 3.05) is 6.54 Å². The second-order valence-corrected chi connectivity index (χ2v) is 9.32. The van der Waals surface area contributed by atoms with E-state index in [1.165, 1.54) is 25.7 Å². The zero-order valence-electron chi connectivity index (χ0n) is 11.3. The summed E-state index contributed by atoms with van der Waals surface area (Å²) >= 11 is 15.3. The summed E-state index contributed by atoms with van der Waals surface area (Å²) in [5.74, 6) is 1.85. The SMILES string of the molecule is O=S(=O)(NCC(C1CC1)C1CC1)c1c(Cl)cc(Br)cc1Cl. The predicted molar refractivity (Wildman–Crippen MR) is 88.3 cm³/mol. The van der Waals surface area contributed by atoms with Crippen molar-refractivity contribution in [1.29, 1.82) is 0 Å². The Bertz CT molecular complexity index is 622. The summed E-state index contributed by atoms with van der Waals surface area (Å²) in [5, 5.41) is 0.271. The molecule has 2 aliphatic carbocycles. The molecule has 0 heterocycles. The van der Waals surface area contributed by atoms with E-state index in [1.54, 1.807) is 12.1 Å². The third-order valence-electron chi connectivity index (χ3n) is 4.20. The quantitative estimate of drug-likeness (QED) is 0.748. The lowest BCUT2D eigenvalue weighted by Gasteiger charge is -2.17. The summed E-state index contributed by atoms with van der Waals surface area (Å²) < 4.78 is 28.3. The molecular weight excluding hydrogens is 397 g/mol. The van der Waals surface area contributed by atoms with Crippen LogP contribution in [0, 0.1) is 17.8 Å². The van der Waals surface area contributed by atoms with E-state index in [2.05, 4.69) is 20.7 Å². The van der Waals surface area contributed by atoms with Crippen LogP contribution in [0.1, 0.15) is 25.7 Å². The Hall–Kier alpha value is 0.190. The molecule has 1 N–H and O–H groups in total. The molecule has 0 aromatic heterocycles. The van der Waals surface area contributed by atoms with Gasteiger partial charge in [0, 0.05) is 11.0 Å². The van der Waals surface area contributed by atoms with Gasteiger partial charge in [0.05, 0.1) is 10.0 Å². The van der Waals surface area contributed by atoms with Crippen molar-refractivity contribution in [3.8, 4) is 0 Å². The van der Waals surface area contributed by atoms with Gasteiger partial charge in [-0.2, -0.15) is 0 Å². The van der Waals surface area contributed by atoms with Crippen molar-refractivity contribution in [3.63, 3.8) is 0 Å². The highest BCUT2D eigenvalue weighted by atomic mass is 79.9. The highest BCUT2D eigenvalue weighted by molar-refractivity contribution is 9.10. The average molecular weight is 413 g/mol. The Kier molecular flexibility index (Phi) is 4.59. The van der Waals surface area contributed by atoms with Crippen LogP contribution in [0.4, 0.5) is 0 Å². The first-order valence-corrected chi connectivity index (χ1v) is 10.1. The summed E-state index contributed by atoms with van der Waals surface area (Å²) in [6, 6.07) is 3.09. The molecule has 0 amide bonds. The maximum Gasteiger partial charge on any atom is 0.243 e. The van der Waals surface area contributed by atoms with Crippen LogP contribution in [0.25, 0.3) is 0 Å². The van der Waals surface area contributed by atoms with Crippen LogP contribution in [0.15, 0.2) is 21.5 Å². The van der Waals surface area contributed by atoms with Gasteiger partial charge in [0.25, 0.3) is 0 Å². The fraction of sp³-hybridized carbons (Fsp3) is 0.571. The molecule has 2 aliphatic rings. The number of nitrogens with one attached hydrogen (secondary N) is 1. The van der Waals surface area contributed by atoms with Gasteiger partial charge in [0.2, 0.25) is 10.0 Å².